The maximum atomic E-state index is 13.2. The Hall–Kier alpha value is -2.72. The highest BCUT2D eigenvalue weighted by Crippen LogP contribution is 2.32. The molecule has 1 aromatic heterocycles. The Balaban J connectivity index is 1.85. The number of carbonyl (C=O) groups is 2. The van der Waals surface area contributed by atoms with E-state index in [4.69, 9.17) is 16.6 Å². The molecule has 0 saturated carbocycles. The molecule has 0 bridgehead atoms. The Bertz CT molecular complexity index is 1060. The molecular formula is C21H17ClN2O2. The number of aromatic nitrogens is 1. The number of Topliss-reactive ketones (excluding diaryl/α,β-unsaturated/α-hetero) is 1. The number of rotatable bonds is 3. The molecule has 1 aliphatic carbocycles. The third-order valence-electron chi connectivity index (χ3n) is 4.76. The quantitative estimate of drug-likeness (QED) is 0.677. The first-order chi connectivity index (χ1) is 12.5. The fourth-order valence-corrected chi connectivity index (χ4v) is 3.75. The highest BCUT2D eigenvalue weighted by Gasteiger charge is 2.24. The number of amides is 1. The zero-order valence-corrected chi connectivity index (χ0v) is 15.1. The molecule has 1 amide bonds. The minimum atomic E-state index is -0.230. The van der Waals surface area contributed by atoms with E-state index in [1.54, 1.807) is 36.4 Å². The van der Waals surface area contributed by atoms with Crippen molar-refractivity contribution in [1.29, 1.82) is 0 Å². The summed E-state index contributed by atoms with van der Waals surface area (Å²) in [5.74, 6) is -0.319. The minimum Gasteiger partial charge on any atom is -0.321 e. The predicted molar refractivity (Wildman–Crippen MR) is 103 cm³/mol. The van der Waals surface area contributed by atoms with Crippen LogP contribution in [-0.4, -0.2) is 16.7 Å². The number of nitrogens with one attached hydrogen (secondary N) is 1. The van der Waals surface area contributed by atoms with Crippen molar-refractivity contribution in [3.8, 4) is 0 Å². The molecule has 0 saturated heterocycles. The van der Waals surface area contributed by atoms with Crippen LogP contribution in [0.1, 0.15) is 45.3 Å². The van der Waals surface area contributed by atoms with E-state index in [1.165, 1.54) is 6.92 Å². The summed E-state index contributed by atoms with van der Waals surface area (Å²) in [6, 6.07) is 12.4. The molecular weight excluding hydrogens is 348 g/mol. The third kappa shape index (κ3) is 2.86. The van der Waals surface area contributed by atoms with Crippen LogP contribution in [-0.2, 0) is 12.8 Å². The molecule has 26 heavy (non-hydrogen) atoms. The van der Waals surface area contributed by atoms with E-state index < -0.39 is 0 Å². The van der Waals surface area contributed by atoms with E-state index in [1.807, 2.05) is 6.07 Å². The molecule has 1 heterocycles. The second-order valence-corrected chi connectivity index (χ2v) is 6.92. The molecule has 0 spiro atoms. The summed E-state index contributed by atoms with van der Waals surface area (Å²) in [4.78, 5) is 29.7. The molecule has 0 unspecified atom stereocenters. The van der Waals surface area contributed by atoms with Gasteiger partial charge in [-0.05, 0) is 62.1 Å². The number of fused-ring (bicyclic) bond motifs is 2. The standard InChI is InChI=1S/C21H17ClN2O2/c1-12(25)14-5-2-3-7-17(14)24-21(26)20-15-6-4-8-18(15)23-19-10-9-13(22)11-16(19)20/h2-3,5,7,9-11H,4,6,8H2,1H3,(H,24,26). The van der Waals surface area contributed by atoms with Gasteiger partial charge in [-0.1, -0.05) is 23.7 Å². The number of ketones is 1. The number of para-hydroxylation sites is 1. The van der Waals surface area contributed by atoms with Crippen molar-refractivity contribution in [3.63, 3.8) is 0 Å². The van der Waals surface area contributed by atoms with Crippen LogP contribution in [0.15, 0.2) is 42.5 Å². The van der Waals surface area contributed by atoms with Crippen LogP contribution in [0.4, 0.5) is 5.69 Å². The number of benzene rings is 2. The van der Waals surface area contributed by atoms with E-state index in [0.29, 0.717) is 21.8 Å². The first kappa shape index (κ1) is 16.7. The maximum absolute atomic E-state index is 13.2. The molecule has 0 fully saturated rings. The molecule has 0 aliphatic heterocycles. The van der Waals surface area contributed by atoms with Crippen LogP contribution in [0.2, 0.25) is 5.02 Å². The van der Waals surface area contributed by atoms with E-state index in [2.05, 4.69) is 5.32 Å². The van der Waals surface area contributed by atoms with Crippen molar-refractivity contribution in [2.75, 3.05) is 5.32 Å². The van der Waals surface area contributed by atoms with Gasteiger partial charge in [0.1, 0.15) is 0 Å². The van der Waals surface area contributed by atoms with Gasteiger partial charge in [-0.15, -0.1) is 0 Å². The predicted octanol–water partition coefficient (Wildman–Crippen LogP) is 4.83. The fraction of sp³-hybridized carbons (Fsp3) is 0.190. The van der Waals surface area contributed by atoms with Crippen LogP contribution in [0, 0.1) is 0 Å². The van der Waals surface area contributed by atoms with Crippen LogP contribution < -0.4 is 5.32 Å². The lowest BCUT2D eigenvalue weighted by Crippen LogP contribution is -2.17. The van der Waals surface area contributed by atoms with Gasteiger partial charge in [-0.3, -0.25) is 14.6 Å². The van der Waals surface area contributed by atoms with Gasteiger partial charge in [-0.25, -0.2) is 0 Å². The normalized spacial score (nSPS) is 12.8. The van der Waals surface area contributed by atoms with Crippen molar-refractivity contribution in [2.45, 2.75) is 26.2 Å². The van der Waals surface area contributed by atoms with Gasteiger partial charge >= 0.3 is 0 Å². The van der Waals surface area contributed by atoms with E-state index in [9.17, 15) is 9.59 Å². The largest absolute Gasteiger partial charge is 0.321 e. The number of hydrogen-bond acceptors (Lipinski definition) is 3. The van der Waals surface area contributed by atoms with E-state index in [-0.39, 0.29) is 11.7 Å². The Morgan fingerprint density at radius 2 is 1.92 bits per heavy atom. The Labute approximate surface area is 156 Å². The topological polar surface area (TPSA) is 59.1 Å². The second kappa shape index (κ2) is 6.54. The monoisotopic (exact) mass is 364 g/mol. The number of carbonyl (C=O) groups excluding carboxylic acids is 2. The fourth-order valence-electron chi connectivity index (χ4n) is 3.58. The molecule has 2 aromatic carbocycles. The van der Waals surface area contributed by atoms with Crippen LogP contribution in [0.3, 0.4) is 0 Å². The van der Waals surface area contributed by atoms with Gasteiger partial charge in [0.15, 0.2) is 5.78 Å². The first-order valence-electron chi connectivity index (χ1n) is 8.57. The van der Waals surface area contributed by atoms with Crippen LogP contribution in [0.25, 0.3) is 10.9 Å². The molecule has 0 atom stereocenters. The van der Waals surface area contributed by atoms with Crippen molar-refractivity contribution in [1.82, 2.24) is 4.98 Å². The van der Waals surface area contributed by atoms with Gasteiger partial charge in [0, 0.05) is 21.7 Å². The van der Waals surface area contributed by atoms with Crippen molar-refractivity contribution < 1.29 is 9.59 Å². The van der Waals surface area contributed by atoms with Gasteiger partial charge < -0.3 is 5.32 Å². The lowest BCUT2D eigenvalue weighted by molar-refractivity contribution is 0.101. The molecule has 4 nitrogen and oxygen atoms in total. The Morgan fingerprint density at radius 3 is 2.73 bits per heavy atom. The van der Waals surface area contributed by atoms with Gasteiger partial charge in [0.25, 0.3) is 5.91 Å². The number of halogens is 1. The average molecular weight is 365 g/mol. The van der Waals surface area contributed by atoms with Crippen molar-refractivity contribution in [3.05, 3.63) is 69.9 Å². The van der Waals surface area contributed by atoms with Crippen LogP contribution >= 0.6 is 11.6 Å². The summed E-state index contributed by atoms with van der Waals surface area (Å²) in [5, 5.41) is 4.23. The molecule has 3 aromatic rings. The van der Waals surface area contributed by atoms with Gasteiger partial charge in [0.2, 0.25) is 0 Å². The summed E-state index contributed by atoms with van der Waals surface area (Å²) in [5.41, 5.74) is 4.35. The highest BCUT2D eigenvalue weighted by molar-refractivity contribution is 6.31. The smallest absolute Gasteiger partial charge is 0.256 e. The van der Waals surface area contributed by atoms with Crippen molar-refractivity contribution >= 4 is 39.9 Å². The Kier molecular flexibility index (Phi) is 4.21. The molecule has 130 valence electrons. The number of anilines is 1. The zero-order chi connectivity index (χ0) is 18.3. The third-order valence-corrected chi connectivity index (χ3v) is 4.99. The average Bonchev–Trinajstić information content (AvgIpc) is 3.07. The van der Waals surface area contributed by atoms with Crippen LogP contribution in [0.5, 0.6) is 0 Å². The lowest BCUT2D eigenvalue weighted by Gasteiger charge is -2.14. The van der Waals surface area contributed by atoms with Gasteiger partial charge in [-0.2, -0.15) is 0 Å². The summed E-state index contributed by atoms with van der Waals surface area (Å²) in [6.45, 7) is 1.49. The SMILES string of the molecule is CC(=O)c1ccccc1NC(=O)c1c2c(nc3ccc(Cl)cc13)CCC2. The number of hydrogen-bond donors (Lipinski definition) is 1. The summed E-state index contributed by atoms with van der Waals surface area (Å²) < 4.78 is 0. The second-order valence-electron chi connectivity index (χ2n) is 6.48. The number of aryl methyl sites for hydroxylation is 1. The molecule has 1 aliphatic rings. The summed E-state index contributed by atoms with van der Waals surface area (Å²) >= 11 is 6.17. The highest BCUT2D eigenvalue weighted by atomic mass is 35.5. The molecule has 5 heteroatoms. The summed E-state index contributed by atoms with van der Waals surface area (Å²) in [6.07, 6.45) is 2.68. The molecule has 0 radical (unpaired) electrons. The molecule has 1 N–H and O–H groups in total. The minimum absolute atomic E-state index is 0.0891. The van der Waals surface area contributed by atoms with E-state index >= 15 is 0 Å². The summed E-state index contributed by atoms with van der Waals surface area (Å²) in [7, 11) is 0. The van der Waals surface area contributed by atoms with Crippen molar-refractivity contribution in [2.24, 2.45) is 0 Å². The number of nitrogens with zero attached hydrogens (tertiary/aromatic N) is 1. The molecule has 4 rings (SSSR count). The maximum Gasteiger partial charge on any atom is 0.256 e. The van der Waals surface area contributed by atoms with E-state index in [0.717, 1.165) is 41.4 Å². The number of pyridine rings is 1. The Morgan fingerprint density at radius 1 is 1.12 bits per heavy atom. The zero-order valence-electron chi connectivity index (χ0n) is 14.3. The van der Waals surface area contributed by atoms with Gasteiger partial charge in [0.05, 0.1) is 16.8 Å². The lowest BCUT2D eigenvalue weighted by atomic mass is 10.00. The first-order valence-corrected chi connectivity index (χ1v) is 8.94.